The molecule has 1 aromatic rings. The van der Waals surface area contributed by atoms with E-state index in [2.05, 4.69) is 0 Å². The predicted molar refractivity (Wildman–Crippen MR) is 83.8 cm³/mol. The second kappa shape index (κ2) is 6.07. The monoisotopic (exact) mass is 309 g/mol. The Hall–Kier alpha value is -0.910. The van der Waals surface area contributed by atoms with Crippen LogP contribution in [-0.2, 0) is 20.3 Å². The van der Waals surface area contributed by atoms with Crippen molar-refractivity contribution in [1.29, 1.82) is 0 Å². The first-order valence-corrected chi connectivity index (χ1v) is 8.80. The van der Waals surface area contributed by atoms with Crippen LogP contribution in [0.25, 0.3) is 0 Å². The van der Waals surface area contributed by atoms with Crippen molar-refractivity contribution in [1.82, 2.24) is 0 Å². The highest BCUT2D eigenvalue weighted by Crippen LogP contribution is 2.38. The van der Waals surface area contributed by atoms with Crippen LogP contribution in [0.4, 0.5) is 5.69 Å². The fourth-order valence-electron chi connectivity index (χ4n) is 3.27. The average Bonchev–Trinajstić information content (AvgIpc) is 2.50. The van der Waals surface area contributed by atoms with E-state index in [0.717, 1.165) is 49.4 Å². The summed E-state index contributed by atoms with van der Waals surface area (Å²) >= 11 is 0. The number of nitrogens with two attached hydrogens (primary N) is 1. The molecule has 1 spiro atoms. The molecule has 5 heteroatoms. The van der Waals surface area contributed by atoms with Gasteiger partial charge in [0.1, 0.15) is 0 Å². The summed E-state index contributed by atoms with van der Waals surface area (Å²) in [6.07, 6.45) is 3.49. The van der Waals surface area contributed by atoms with Gasteiger partial charge in [-0.2, -0.15) is 0 Å². The van der Waals surface area contributed by atoms with E-state index in [1.165, 1.54) is 0 Å². The fourth-order valence-corrected chi connectivity index (χ4v) is 4.98. The topological polar surface area (TPSA) is 61.5 Å². The van der Waals surface area contributed by atoms with Gasteiger partial charge >= 0.3 is 0 Å². The van der Waals surface area contributed by atoms with Gasteiger partial charge in [0, 0.05) is 25.1 Å². The van der Waals surface area contributed by atoms with Crippen LogP contribution in [0.15, 0.2) is 23.1 Å². The summed E-state index contributed by atoms with van der Waals surface area (Å²) in [4.78, 5) is 0.782. The summed E-state index contributed by atoms with van der Waals surface area (Å²) in [5.74, 6) is 0. The smallest absolute Gasteiger partial charge is 0.0738 e. The molecule has 2 aliphatic rings. The summed E-state index contributed by atoms with van der Waals surface area (Å²) in [5, 5.41) is 0.126. The largest absolute Gasteiger partial charge is 0.398 e. The molecular weight excluding hydrogens is 286 g/mol. The van der Waals surface area contributed by atoms with Crippen LogP contribution in [-0.4, -0.2) is 34.9 Å². The maximum absolute atomic E-state index is 12.9. The van der Waals surface area contributed by atoms with Crippen molar-refractivity contribution >= 4 is 16.5 Å². The van der Waals surface area contributed by atoms with E-state index < -0.39 is 10.8 Å². The van der Waals surface area contributed by atoms with Gasteiger partial charge in [0.15, 0.2) is 0 Å². The molecule has 2 unspecified atom stereocenters. The highest BCUT2D eigenvalue weighted by molar-refractivity contribution is 7.85. The van der Waals surface area contributed by atoms with E-state index in [9.17, 15) is 4.21 Å². The number of para-hydroxylation sites is 1. The van der Waals surface area contributed by atoms with Gasteiger partial charge in [0.25, 0.3) is 0 Å². The summed E-state index contributed by atoms with van der Waals surface area (Å²) in [5.41, 5.74) is 7.65. The summed E-state index contributed by atoms with van der Waals surface area (Å²) in [6, 6.07) is 5.78. The molecule has 2 atom stereocenters. The van der Waals surface area contributed by atoms with Gasteiger partial charge in [-0.1, -0.05) is 12.1 Å². The second-order valence-electron chi connectivity index (χ2n) is 6.04. The molecule has 0 radical (unpaired) electrons. The number of rotatable bonds is 2. The van der Waals surface area contributed by atoms with Crippen LogP contribution in [0, 0.1) is 6.92 Å². The number of hydrogen-bond donors (Lipinski definition) is 1. The van der Waals surface area contributed by atoms with E-state index in [-0.39, 0.29) is 10.9 Å². The van der Waals surface area contributed by atoms with E-state index >= 15 is 0 Å². The minimum atomic E-state index is -1.07. The fraction of sp³-hybridized carbons (Fsp3) is 0.625. The number of aryl methyl sites for hydroxylation is 1. The van der Waals surface area contributed by atoms with Crippen LogP contribution < -0.4 is 5.73 Å². The third-order valence-electron chi connectivity index (χ3n) is 4.66. The van der Waals surface area contributed by atoms with E-state index in [4.69, 9.17) is 15.2 Å². The van der Waals surface area contributed by atoms with Crippen molar-refractivity contribution in [2.24, 2.45) is 0 Å². The highest BCUT2D eigenvalue weighted by Gasteiger charge is 2.41. The summed E-state index contributed by atoms with van der Waals surface area (Å²) in [6.45, 7) is 4.12. The lowest BCUT2D eigenvalue weighted by Crippen LogP contribution is -2.47. The third kappa shape index (κ3) is 3.00. The molecule has 2 fully saturated rings. The number of benzene rings is 1. The minimum absolute atomic E-state index is 0.126. The van der Waals surface area contributed by atoms with Gasteiger partial charge in [0.2, 0.25) is 0 Å². The Balaban J connectivity index is 1.79. The quantitative estimate of drug-likeness (QED) is 0.852. The molecule has 116 valence electrons. The zero-order chi connectivity index (χ0) is 14.9. The third-order valence-corrected chi connectivity index (χ3v) is 6.45. The van der Waals surface area contributed by atoms with Crippen molar-refractivity contribution in [2.75, 3.05) is 25.6 Å². The maximum Gasteiger partial charge on any atom is 0.0738 e. The molecule has 21 heavy (non-hydrogen) atoms. The Morgan fingerprint density at radius 3 is 2.81 bits per heavy atom. The summed E-state index contributed by atoms with van der Waals surface area (Å²) < 4.78 is 24.4. The van der Waals surface area contributed by atoms with E-state index in [0.29, 0.717) is 12.3 Å². The van der Waals surface area contributed by atoms with Crippen molar-refractivity contribution < 1.29 is 13.7 Å². The van der Waals surface area contributed by atoms with Crippen molar-refractivity contribution in [3.05, 3.63) is 23.8 Å². The van der Waals surface area contributed by atoms with Crippen molar-refractivity contribution in [2.45, 2.75) is 48.4 Å². The molecule has 0 aromatic heterocycles. The van der Waals surface area contributed by atoms with E-state index in [1.54, 1.807) is 0 Å². The molecule has 2 aliphatic heterocycles. The molecule has 2 N–H and O–H groups in total. The zero-order valence-electron chi connectivity index (χ0n) is 12.5. The molecule has 0 bridgehead atoms. The molecule has 1 aromatic carbocycles. The van der Waals surface area contributed by atoms with Gasteiger partial charge in [-0.3, -0.25) is 4.21 Å². The Kier molecular flexibility index (Phi) is 4.33. The standard InChI is InChI=1S/C16H23NO3S/c1-12-3-2-4-14(15(12)17)21(18)13-5-8-20-16(11-13)6-9-19-10-7-16/h2-4,13H,5-11,17H2,1H3. The van der Waals surface area contributed by atoms with Gasteiger partial charge < -0.3 is 15.2 Å². The Bertz CT molecular complexity index is 535. The number of anilines is 1. The Labute approximate surface area is 128 Å². The Morgan fingerprint density at radius 2 is 2.05 bits per heavy atom. The number of hydrogen-bond acceptors (Lipinski definition) is 4. The Morgan fingerprint density at radius 1 is 1.29 bits per heavy atom. The number of ether oxygens (including phenoxy) is 2. The molecular formula is C16H23NO3S. The molecule has 2 heterocycles. The number of nitrogen functional groups attached to an aromatic ring is 1. The van der Waals surface area contributed by atoms with Crippen LogP contribution in [0.1, 0.15) is 31.2 Å². The van der Waals surface area contributed by atoms with E-state index in [1.807, 2.05) is 25.1 Å². The average molecular weight is 309 g/mol. The van der Waals surface area contributed by atoms with Crippen molar-refractivity contribution in [3.8, 4) is 0 Å². The predicted octanol–water partition coefficient (Wildman–Crippen LogP) is 2.41. The van der Waals surface area contributed by atoms with Crippen LogP contribution in [0.2, 0.25) is 0 Å². The zero-order valence-corrected chi connectivity index (χ0v) is 13.3. The molecule has 3 rings (SSSR count). The first-order valence-electron chi connectivity index (χ1n) is 7.59. The normalized spacial score (nSPS) is 26.6. The lowest BCUT2D eigenvalue weighted by Gasteiger charge is -2.43. The van der Waals surface area contributed by atoms with Gasteiger partial charge in [0.05, 0.1) is 27.0 Å². The lowest BCUT2D eigenvalue weighted by molar-refractivity contribution is -0.131. The molecule has 2 saturated heterocycles. The van der Waals surface area contributed by atoms with Gasteiger partial charge in [-0.15, -0.1) is 0 Å². The first-order chi connectivity index (χ1) is 10.1. The first kappa shape index (κ1) is 15.0. The molecule has 0 aliphatic carbocycles. The van der Waals surface area contributed by atoms with Crippen LogP contribution >= 0.6 is 0 Å². The molecule has 0 amide bonds. The molecule has 4 nitrogen and oxygen atoms in total. The van der Waals surface area contributed by atoms with Crippen LogP contribution in [0.3, 0.4) is 0 Å². The lowest BCUT2D eigenvalue weighted by atomic mass is 9.86. The molecule has 0 saturated carbocycles. The highest BCUT2D eigenvalue weighted by atomic mass is 32.2. The summed E-state index contributed by atoms with van der Waals surface area (Å²) in [7, 11) is -1.07. The van der Waals surface area contributed by atoms with Crippen molar-refractivity contribution in [3.63, 3.8) is 0 Å². The SMILES string of the molecule is Cc1cccc(S(=O)C2CCOC3(CCOCC3)C2)c1N. The van der Waals surface area contributed by atoms with Crippen LogP contribution in [0.5, 0.6) is 0 Å². The van der Waals surface area contributed by atoms with Gasteiger partial charge in [-0.05, 0) is 44.2 Å². The second-order valence-corrected chi connectivity index (χ2v) is 7.74. The maximum atomic E-state index is 12.9. The van der Waals surface area contributed by atoms with Gasteiger partial charge in [-0.25, -0.2) is 0 Å². The minimum Gasteiger partial charge on any atom is -0.398 e.